The Kier molecular flexibility index (Phi) is 23.2. The Morgan fingerprint density at radius 2 is 0.731 bits per heavy atom. The third-order valence-corrected chi connectivity index (χ3v) is 11.2. The lowest BCUT2D eigenvalue weighted by atomic mass is 9.94. The van der Waals surface area contributed by atoms with Gasteiger partial charge in [0.25, 0.3) is 5.09 Å². The fourth-order valence-electron chi connectivity index (χ4n) is 8.65. The SMILES string of the molecule is CC(=O)OCC1OC(O[N+](=O)[O-])C(N=[N+]=[N-])[C@@H](O[C@H]2OC(C)C(OC(C)=O)[C@@H](OC(C)=O)C2OC(C)=O)C1O[C@@H]1OC(COC(C)=O)C(OC(C)=O)[C@H](OC(C)=O)C1OC1OC(C)[C@H](OC(C)=O)C(OC(C)=O)[C@@H]1OC(C)=O. The quantitative estimate of drug-likeness (QED) is 0.0267. The molecule has 0 aromatic carbocycles. The summed E-state index contributed by atoms with van der Waals surface area (Å²) in [7, 11) is 0. The lowest BCUT2D eigenvalue weighted by molar-refractivity contribution is -0.783. The highest BCUT2D eigenvalue weighted by atomic mass is 17.0. The van der Waals surface area contributed by atoms with Crippen LogP contribution in [-0.4, -0.2) is 201 Å². The molecule has 78 heavy (non-hydrogen) atoms. The van der Waals surface area contributed by atoms with Gasteiger partial charge in [-0.1, -0.05) is 5.11 Å². The summed E-state index contributed by atoms with van der Waals surface area (Å²) >= 11 is 0. The molecule has 436 valence electrons. The Morgan fingerprint density at radius 1 is 0.423 bits per heavy atom. The van der Waals surface area contributed by atoms with Crippen molar-refractivity contribution in [1.29, 1.82) is 0 Å². The molecule has 13 unspecified atom stereocenters. The van der Waals surface area contributed by atoms with E-state index in [2.05, 4.69) is 10.0 Å². The molecule has 4 aliphatic heterocycles. The van der Waals surface area contributed by atoms with Crippen LogP contribution in [0.25, 0.3) is 10.4 Å². The molecule has 0 aromatic heterocycles. The van der Waals surface area contributed by atoms with Gasteiger partial charge in [0, 0.05) is 74.1 Å². The molecule has 4 aliphatic rings. The number of azide groups is 1. The largest absolute Gasteiger partial charge is 0.463 e. The summed E-state index contributed by atoms with van der Waals surface area (Å²) < 4.78 is 98.7. The summed E-state index contributed by atoms with van der Waals surface area (Å²) in [5.41, 5.74) is 9.97. The van der Waals surface area contributed by atoms with Gasteiger partial charge in [-0.3, -0.25) is 52.8 Å². The van der Waals surface area contributed by atoms with Gasteiger partial charge in [0.1, 0.15) is 43.7 Å². The topological polar surface area (TPSA) is 429 Å². The second-order valence-electron chi connectivity index (χ2n) is 17.5. The van der Waals surface area contributed by atoms with Crippen molar-refractivity contribution >= 4 is 59.7 Å². The van der Waals surface area contributed by atoms with Gasteiger partial charge >= 0.3 is 59.7 Å². The molecule has 0 radical (unpaired) electrons. The molecule has 34 nitrogen and oxygen atoms in total. The molecule has 4 heterocycles. The maximum atomic E-state index is 13.1. The van der Waals surface area contributed by atoms with Crippen LogP contribution in [0.1, 0.15) is 83.1 Å². The molecule has 34 heteroatoms. The van der Waals surface area contributed by atoms with Gasteiger partial charge in [-0.05, 0) is 19.4 Å². The molecular weight excluding hydrogens is 1060 g/mol. The van der Waals surface area contributed by atoms with Crippen molar-refractivity contribution in [2.75, 3.05) is 13.2 Å². The van der Waals surface area contributed by atoms with E-state index in [9.17, 15) is 63.6 Å². The minimum atomic E-state index is -2.32. The first-order valence-corrected chi connectivity index (χ1v) is 23.6. The number of carbonyl (C=O) groups excluding carboxylic acids is 10. The van der Waals surface area contributed by atoms with E-state index in [0.717, 1.165) is 69.2 Å². The first-order chi connectivity index (χ1) is 36.5. The first-order valence-electron chi connectivity index (χ1n) is 23.6. The zero-order chi connectivity index (χ0) is 58.5. The van der Waals surface area contributed by atoms with Crippen LogP contribution >= 0.6 is 0 Å². The molecule has 20 atom stereocenters. The number of carbonyl (C=O) groups is 10. The van der Waals surface area contributed by atoms with Crippen molar-refractivity contribution in [3.63, 3.8) is 0 Å². The van der Waals surface area contributed by atoms with Gasteiger partial charge < -0.3 is 80.5 Å². The molecule has 0 spiro atoms. The number of rotatable bonds is 21. The Bertz CT molecular complexity index is 2280. The summed E-state index contributed by atoms with van der Waals surface area (Å²) in [6.07, 6.45) is -35.8. The van der Waals surface area contributed by atoms with Crippen molar-refractivity contribution in [2.24, 2.45) is 5.11 Å². The number of hydrogen-bond acceptors (Lipinski definition) is 31. The minimum Gasteiger partial charge on any atom is -0.463 e. The summed E-state index contributed by atoms with van der Waals surface area (Å²) in [5, 5.41) is 14.3. The van der Waals surface area contributed by atoms with Crippen molar-refractivity contribution < 1.29 is 138 Å². The molecule has 0 aromatic rings. The highest BCUT2D eigenvalue weighted by Crippen LogP contribution is 2.40. The van der Waals surface area contributed by atoms with Gasteiger partial charge in [0.15, 0.2) is 73.8 Å². The molecule has 4 rings (SSSR count). The highest BCUT2D eigenvalue weighted by molar-refractivity contribution is 5.70. The monoisotopic (exact) mass is 1120 g/mol. The van der Waals surface area contributed by atoms with Crippen LogP contribution in [0.3, 0.4) is 0 Å². The Balaban J connectivity index is 2.07. The fourth-order valence-corrected chi connectivity index (χ4v) is 8.65. The van der Waals surface area contributed by atoms with Crippen molar-refractivity contribution in [3.05, 3.63) is 20.6 Å². The minimum absolute atomic E-state index is 0.833. The third kappa shape index (κ3) is 17.7. The predicted molar refractivity (Wildman–Crippen MR) is 239 cm³/mol. The smallest absolute Gasteiger partial charge is 0.303 e. The van der Waals surface area contributed by atoms with Crippen molar-refractivity contribution in [1.82, 2.24) is 0 Å². The van der Waals surface area contributed by atoms with Crippen LogP contribution in [0.4, 0.5) is 0 Å². The molecule has 0 amide bonds. The molecule has 0 saturated carbocycles. The molecule has 4 fully saturated rings. The standard InChI is InChI=1S/C44H60N4O30/c1-15-30(65-19(5)51)35(68-22(8)54)38(71-25(11)57)42(63-15)76-34-29(46-47-45)41(78-48(59)60)73-27(13-61-17(3)49)32(34)75-44-40(37(70-24(10)56)33(67-21(7)53)28(74-44)14-62-18(4)50)77-43-39(72-26(12)58)36(69-23(9)55)31(16(2)64-43)66-20(6)52/h15-16,27-44H,13-14H2,1-12H3/t15?,16?,27?,28?,29?,30?,31-,32?,33?,34+,35+,36?,37-,38?,39-,40?,41?,42+,43?,44-/m0/s1. The second kappa shape index (κ2) is 28.5. The van der Waals surface area contributed by atoms with E-state index in [-0.39, 0.29) is 0 Å². The van der Waals surface area contributed by atoms with E-state index in [1.54, 1.807) is 0 Å². The van der Waals surface area contributed by atoms with E-state index >= 15 is 0 Å². The van der Waals surface area contributed by atoms with E-state index in [1.807, 2.05) is 0 Å². The number of esters is 10. The lowest BCUT2D eigenvalue weighted by Gasteiger charge is -2.51. The molecular formula is C44H60N4O30. The van der Waals surface area contributed by atoms with Gasteiger partial charge in [-0.2, -0.15) is 0 Å². The number of hydrogen-bond donors (Lipinski definition) is 0. The molecule has 0 aliphatic carbocycles. The average Bonchev–Trinajstić information content (AvgIpc) is 3.29. The maximum absolute atomic E-state index is 13.1. The fraction of sp³-hybridized carbons (Fsp3) is 0.773. The van der Waals surface area contributed by atoms with Crippen LogP contribution in [-0.2, 0) is 133 Å². The Hall–Kier alpha value is -7.07. The summed E-state index contributed by atoms with van der Waals surface area (Å²) in [6.45, 7) is 10.4. The van der Waals surface area contributed by atoms with Crippen molar-refractivity contribution in [3.8, 4) is 0 Å². The van der Waals surface area contributed by atoms with Crippen LogP contribution in [0.5, 0.6) is 0 Å². The van der Waals surface area contributed by atoms with E-state index < -0.39 is 201 Å². The zero-order valence-electron chi connectivity index (χ0n) is 44.0. The van der Waals surface area contributed by atoms with Crippen LogP contribution in [0.2, 0.25) is 0 Å². The summed E-state index contributed by atoms with van der Waals surface area (Å²) in [6, 6.07) is -2.16. The number of nitrogens with zero attached hydrogens (tertiary/aromatic N) is 4. The van der Waals surface area contributed by atoms with E-state index in [0.29, 0.717) is 0 Å². The zero-order valence-corrected chi connectivity index (χ0v) is 44.0. The number of ether oxygens (including phenoxy) is 17. The lowest BCUT2D eigenvalue weighted by Crippen LogP contribution is -2.69. The van der Waals surface area contributed by atoms with Crippen LogP contribution in [0.15, 0.2) is 5.11 Å². The Labute approximate surface area is 442 Å². The van der Waals surface area contributed by atoms with Crippen molar-refractivity contribution in [2.45, 2.75) is 206 Å². The molecule has 0 bridgehead atoms. The van der Waals surface area contributed by atoms with Gasteiger partial charge in [-0.25, -0.2) is 0 Å². The van der Waals surface area contributed by atoms with Gasteiger partial charge in [-0.15, -0.1) is 10.1 Å². The van der Waals surface area contributed by atoms with Crippen LogP contribution in [0, 0.1) is 10.1 Å². The average molecular weight is 1120 g/mol. The third-order valence-electron chi connectivity index (χ3n) is 11.2. The van der Waals surface area contributed by atoms with E-state index in [1.165, 1.54) is 13.8 Å². The first kappa shape index (κ1) is 63.5. The highest BCUT2D eigenvalue weighted by Gasteiger charge is 2.61. The molecule has 4 saturated heterocycles. The van der Waals surface area contributed by atoms with Crippen LogP contribution < -0.4 is 0 Å². The normalized spacial score (nSPS) is 34.3. The van der Waals surface area contributed by atoms with Gasteiger partial charge in [0.2, 0.25) is 6.29 Å². The Morgan fingerprint density at radius 3 is 1.10 bits per heavy atom. The van der Waals surface area contributed by atoms with Gasteiger partial charge in [0.05, 0.1) is 12.2 Å². The maximum Gasteiger partial charge on any atom is 0.303 e. The predicted octanol–water partition coefficient (Wildman–Crippen LogP) is -0.452. The van der Waals surface area contributed by atoms with E-state index in [4.69, 9.17) is 85.4 Å². The molecule has 0 N–H and O–H groups in total. The summed E-state index contributed by atoms with van der Waals surface area (Å²) in [5.74, 6) is -10.0. The second-order valence-corrected chi connectivity index (χ2v) is 17.5. The summed E-state index contributed by atoms with van der Waals surface area (Å²) in [4.78, 5) is 146.